The predicted octanol–water partition coefficient (Wildman–Crippen LogP) is 4.30. The Labute approximate surface area is 201 Å². The monoisotopic (exact) mass is 479 g/mol. The number of carbonyl (C=O) groups is 3. The standard InChI is InChI=1S/C25H22ClN3O5/c1-15-11-18(12-22-24(32)28(13-23(30)31)25(33)27-22)16(2)29(15)20-7-9-21(10-8-20)34-14-17-3-5-19(26)6-4-17/h3-12H,13-14H2,1-2H3,(H,27,33)(H,30,31)/b22-12+. The van der Waals surface area contributed by atoms with Crippen LogP contribution in [0.1, 0.15) is 22.5 Å². The number of hydrogen-bond acceptors (Lipinski definition) is 4. The number of carbonyl (C=O) groups excluding carboxylic acids is 2. The van der Waals surface area contributed by atoms with Gasteiger partial charge in [-0.3, -0.25) is 9.59 Å². The summed E-state index contributed by atoms with van der Waals surface area (Å²) in [4.78, 5) is 36.0. The van der Waals surface area contributed by atoms with Gasteiger partial charge in [-0.1, -0.05) is 23.7 Å². The van der Waals surface area contributed by atoms with Crippen molar-refractivity contribution in [3.63, 3.8) is 0 Å². The lowest BCUT2D eigenvalue weighted by Crippen LogP contribution is -2.35. The Morgan fingerprint density at radius 2 is 1.76 bits per heavy atom. The van der Waals surface area contributed by atoms with Crippen LogP contribution in [0.15, 0.2) is 60.3 Å². The summed E-state index contributed by atoms with van der Waals surface area (Å²) in [5.41, 5.74) is 4.49. The molecule has 0 aliphatic carbocycles. The molecule has 1 fully saturated rings. The molecule has 1 aromatic heterocycles. The van der Waals surface area contributed by atoms with E-state index in [2.05, 4.69) is 5.32 Å². The molecule has 4 rings (SSSR count). The maximum atomic E-state index is 12.4. The number of aromatic nitrogens is 1. The molecule has 34 heavy (non-hydrogen) atoms. The summed E-state index contributed by atoms with van der Waals surface area (Å²) in [6.45, 7) is 3.58. The highest BCUT2D eigenvalue weighted by molar-refractivity contribution is 6.30. The van der Waals surface area contributed by atoms with Crippen LogP contribution in [0.25, 0.3) is 11.8 Å². The average molecular weight is 480 g/mol. The normalized spacial score (nSPS) is 14.6. The van der Waals surface area contributed by atoms with Crippen LogP contribution in [0.2, 0.25) is 5.02 Å². The number of halogens is 1. The second-order valence-electron chi connectivity index (χ2n) is 7.84. The molecule has 174 valence electrons. The van der Waals surface area contributed by atoms with Crippen LogP contribution in [-0.2, 0) is 16.2 Å². The van der Waals surface area contributed by atoms with Gasteiger partial charge >= 0.3 is 12.0 Å². The van der Waals surface area contributed by atoms with Crippen LogP contribution in [0, 0.1) is 13.8 Å². The fourth-order valence-electron chi connectivity index (χ4n) is 3.78. The van der Waals surface area contributed by atoms with Gasteiger partial charge in [-0.2, -0.15) is 0 Å². The SMILES string of the molecule is Cc1cc(/C=C2/NC(=O)N(CC(=O)O)C2=O)c(C)n1-c1ccc(OCc2ccc(Cl)cc2)cc1. The number of benzene rings is 2. The van der Waals surface area contributed by atoms with Gasteiger partial charge in [0.1, 0.15) is 24.6 Å². The molecule has 8 nitrogen and oxygen atoms in total. The van der Waals surface area contributed by atoms with Gasteiger partial charge in [0.25, 0.3) is 5.91 Å². The molecule has 0 bridgehead atoms. The molecular formula is C25H22ClN3O5. The first-order chi connectivity index (χ1) is 16.2. The van der Waals surface area contributed by atoms with Crippen molar-refractivity contribution in [2.45, 2.75) is 20.5 Å². The second kappa shape index (κ2) is 9.44. The van der Waals surface area contributed by atoms with E-state index in [4.69, 9.17) is 21.4 Å². The van der Waals surface area contributed by atoms with Gasteiger partial charge in [0.05, 0.1) is 0 Å². The zero-order valence-electron chi connectivity index (χ0n) is 18.5. The van der Waals surface area contributed by atoms with Gasteiger partial charge in [0, 0.05) is 22.1 Å². The lowest BCUT2D eigenvalue weighted by atomic mass is 10.2. The molecule has 1 saturated heterocycles. The van der Waals surface area contributed by atoms with Gasteiger partial charge in [-0.15, -0.1) is 0 Å². The number of aryl methyl sites for hydroxylation is 1. The van der Waals surface area contributed by atoms with Crippen LogP contribution < -0.4 is 10.1 Å². The molecule has 3 aromatic rings. The summed E-state index contributed by atoms with van der Waals surface area (Å²) in [6.07, 6.45) is 1.56. The van der Waals surface area contributed by atoms with Crippen molar-refractivity contribution in [1.82, 2.24) is 14.8 Å². The van der Waals surface area contributed by atoms with Gasteiger partial charge < -0.3 is 19.7 Å². The Hall–Kier alpha value is -4.04. The molecule has 1 aliphatic rings. The molecule has 2 aromatic carbocycles. The largest absolute Gasteiger partial charge is 0.489 e. The Morgan fingerprint density at radius 3 is 2.41 bits per heavy atom. The number of nitrogens with zero attached hydrogens (tertiary/aromatic N) is 2. The third-order valence-electron chi connectivity index (χ3n) is 5.44. The van der Waals surface area contributed by atoms with Crippen molar-refractivity contribution < 1.29 is 24.2 Å². The summed E-state index contributed by atoms with van der Waals surface area (Å²) in [7, 11) is 0. The number of imide groups is 1. The minimum Gasteiger partial charge on any atom is -0.489 e. The first-order valence-electron chi connectivity index (χ1n) is 10.5. The lowest BCUT2D eigenvalue weighted by Gasteiger charge is -2.12. The number of rotatable bonds is 7. The molecule has 2 N–H and O–H groups in total. The van der Waals surface area contributed by atoms with Crippen molar-refractivity contribution in [3.8, 4) is 11.4 Å². The number of carboxylic acid groups (broad SMARTS) is 1. The molecule has 0 atom stereocenters. The van der Waals surface area contributed by atoms with E-state index in [9.17, 15) is 14.4 Å². The van der Waals surface area contributed by atoms with Gasteiger partial charge in [0.2, 0.25) is 0 Å². The summed E-state index contributed by atoms with van der Waals surface area (Å²) >= 11 is 5.91. The van der Waals surface area contributed by atoms with Crippen LogP contribution in [0.4, 0.5) is 4.79 Å². The van der Waals surface area contributed by atoms with E-state index < -0.39 is 24.5 Å². The van der Waals surface area contributed by atoms with E-state index in [0.717, 1.165) is 34.0 Å². The fraction of sp³-hybridized carbons (Fsp3) is 0.160. The first-order valence-corrected chi connectivity index (χ1v) is 10.8. The van der Waals surface area contributed by atoms with Gasteiger partial charge in [-0.25, -0.2) is 9.69 Å². The van der Waals surface area contributed by atoms with Crippen molar-refractivity contribution in [2.24, 2.45) is 0 Å². The molecule has 0 radical (unpaired) electrons. The highest BCUT2D eigenvalue weighted by atomic mass is 35.5. The maximum absolute atomic E-state index is 12.4. The average Bonchev–Trinajstić information content (AvgIpc) is 3.22. The minimum atomic E-state index is -1.26. The third kappa shape index (κ3) is 4.82. The topological polar surface area (TPSA) is 101 Å². The van der Waals surface area contributed by atoms with Crippen LogP contribution >= 0.6 is 11.6 Å². The zero-order chi connectivity index (χ0) is 24.4. The molecular weight excluding hydrogens is 458 g/mol. The van der Waals surface area contributed by atoms with Crippen LogP contribution in [0.3, 0.4) is 0 Å². The molecule has 9 heteroatoms. The van der Waals surface area contributed by atoms with E-state index in [1.165, 1.54) is 0 Å². The molecule has 2 heterocycles. The number of ether oxygens (including phenoxy) is 1. The van der Waals surface area contributed by atoms with Gasteiger partial charge in [-0.05, 0) is 73.5 Å². The van der Waals surface area contributed by atoms with E-state index in [1.807, 2.05) is 73.0 Å². The second-order valence-corrected chi connectivity index (χ2v) is 8.28. The van der Waals surface area contributed by atoms with E-state index >= 15 is 0 Å². The van der Waals surface area contributed by atoms with Crippen molar-refractivity contribution >= 4 is 35.6 Å². The molecule has 3 amide bonds. The van der Waals surface area contributed by atoms with Gasteiger partial charge in [0.15, 0.2) is 0 Å². The predicted molar refractivity (Wildman–Crippen MR) is 127 cm³/mol. The Balaban J connectivity index is 1.51. The van der Waals surface area contributed by atoms with Crippen LogP contribution in [0.5, 0.6) is 5.75 Å². The Bertz CT molecular complexity index is 1290. The van der Waals surface area contributed by atoms with Crippen molar-refractivity contribution in [1.29, 1.82) is 0 Å². The molecule has 0 unspecified atom stereocenters. The number of urea groups is 1. The molecule has 0 spiro atoms. The fourth-order valence-corrected chi connectivity index (χ4v) is 3.90. The lowest BCUT2D eigenvalue weighted by molar-refractivity contribution is -0.140. The van der Waals surface area contributed by atoms with E-state index in [-0.39, 0.29) is 5.70 Å². The number of nitrogens with one attached hydrogen (secondary N) is 1. The van der Waals surface area contributed by atoms with E-state index in [1.54, 1.807) is 6.08 Å². The Kier molecular flexibility index (Phi) is 6.43. The number of aliphatic carboxylic acids is 1. The quantitative estimate of drug-likeness (QED) is 0.388. The molecule has 1 aliphatic heterocycles. The third-order valence-corrected chi connectivity index (χ3v) is 5.69. The minimum absolute atomic E-state index is 0.0393. The summed E-state index contributed by atoms with van der Waals surface area (Å²) < 4.78 is 7.87. The summed E-state index contributed by atoms with van der Waals surface area (Å²) in [6, 6.07) is 16.3. The van der Waals surface area contributed by atoms with Crippen LogP contribution in [-0.4, -0.2) is 39.0 Å². The number of carboxylic acids is 1. The number of hydrogen-bond donors (Lipinski definition) is 2. The van der Waals surface area contributed by atoms with Crippen molar-refractivity contribution in [2.75, 3.05) is 6.54 Å². The van der Waals surface area contributed by atoms with E-state index in [0.29, 0.717) is 16.5 Å². The highest BCUT2D eigenvalue weighted by Gasteiger charge is 2.35. The number of amides is 3. The summed E-state index contributed by atoms with van der Waals surface area (Å²) in [5, 5.41) is 12.0. The zero-order valence-corrected chi connectivity index (χ0v) is 19.3. The van der Waals surface area contributed by atoms with Crippen molar-refractivity contribution in [3.05, 3.63) is 87.8 Å². The summed E-state index contributed by atoms with van der Waals surface area (Å²) in [5.74, 6) is -1.20. The first kappa shape index (κ1) is 23.1. The smallest absolute Gasteiger partial charge is 0.329 e. The Morgan fingerprint density at radius 1 is 1.09 bits per heavy atom. The highest BCUT2D eigenvalue weighted by Crippen LogP contribution is 2.25. The maximum Gasteiger partial charge on any atom is 0.329 e. The molecule has 0 saturated carbocycles.